The fourth-order valence-corrected chi connectivity index (χ4v) is 2.39. The van der Waals surface area contributed by atoms with E-state index in [1.165, 1.54) is 4.90 Å². The molecular weight excluding hydrogens is 294 g/mol. The number of aromatic nitrogens is 2. The maximum Gasteiger partial charge on any atom is 0.414 e. The van der Waals surface area contributed by atoms with Crippen molar-refractivity contribution in [2.75, 3.05) is 6.54 Å². The summed E-state index contributed by atoms with van der Waals surface area (Å²) >= 11 is 0. The van der Waals surface area contributed by atoms with E-state index in [1.54, 1.807) is 30.3 Å². The van der Waals surface area contributed by atoms with Gasteiger partial charge in [0.1, 0.15) is 6.61 Å². The summed E-state index contributed by atoms with van der Waals surface area (Å²) in [6.07, 6.45) is 4.74. The zero-order valence-electron chi connectivity index (χ0n) is 12.8. The molecule has 118 valence electrons. The maximum atomic E-state index is 12.2. The van der Waals surface area contributed by atoms with Crippen molar-refractivity contribution in [2.45, 2.75) is 13.0 Å². The third-order valence-corrected chi connectivity index (χ3v) is 3.62. The standard InChI is InChI=1S/C17H17N3O3/c1-19-10-14(9-18-19)15-11-20(8-7-16(15)21)17(22)23-12-13-5-3-2-4-6-13/h2-6,9-11H,7-8,12H2,1H3. The topological polar surface area (TPSA) is 64.4 Å². The van der Waals surface area contributed by atoms with E-state index in [1.807, 2.05) is 30.3 Å². The van der Waals surface area contributed by atoms with Crippen molar-refractivity contribution >= 4 is 17.4 Å². The van der Waals surface area contributed by atoms with Crippen molar-refractivity contribution in [3.05, 3.63) is 60.1 Å². The van der Waals surface area contributed by atoms with Crippen LogP contribution in [0.3, 0.4) is 0 Å². The van der Waals surface area contributed by atoms with Gasteiger partial charge in [-0.05, 0) is 5.56 Å². The zero-order valence-corrected chi connectivity index (χ0v) is 12.8. The Balaban J connectivity index is 1.70. The number of nitrogens with zero attached hydrogens (tertiary/aromatic N) is 3. The Morgan fingerprint density at radius 3 is 2.78 bits per heavy atom. The van der Waals surface area contributed by atoms with Gasteiger partial charge in [-0.1, -0.05) is 30.3 Å². The number of allylic oxidation sites excluding steroid dienone is 1. The van der Waals surface area contributed by atoms with E-state index in [9.17, 15) is 9.59 Å². The molecule has 1 aromatic heterocycles. The van der Waals surface area contributed by atoms with Crippen LogP contribution in [0.1, 0.15) is 17.5 Å². The number of carbonyl (C=O) groups excluding carboxylic acids is 2. The van der Waals surface area contributed by atoms with E-state index in [2.05, 4.69) is 5.10 Å². The molecule has 2 heterocycles. The van der Waals surface area contributed by atoms with Gasteiger partial charge in [0.15, 0.2) is 5.78 Å². The minimum Gasteiger partial charge on any atom is -0.444 e. The molecule has 1 aromatic carbocycles. The molecule has 0 unspecified atom stereocenters. The summed E-state index contributed by atoms with van der Waals surface area (Å²) in [7, 11) is 1.78. The quantitative estimate of drug-likeness (QED) is 0.873. The molecule has 1 aliphatic rings. The Bertz CT molecular complexity index is 749. The van der Waals surface area contributed by atoms with E-state index in [-0.39, 0.29) is 18.8 Å². The molecule has 0 N–H and O–H groups in total. The predicted octanol–water partition coefficient (Wildman–Crippen LogP) is 2.37. The van der Waals surface area contributed by atoms with E-state index in [0.29, 0.717) is 17.7 Å². The molecule has 0 atom stereocenters. The Morgan fingerprint density at radius 1 is 1.30 bits per heavy atom. The average molecular weight is 311 g/mol. The first kappa shape index (κ1) is 15.0. The monoisotopic (exact) mass is 311 g/mol. The number of aryl methyl sites for hydroxylation is 1. The SMILES string of the molecule is Cn1cc(C2=CN(C(=O)OCc3ccccc3)CCC2=O)cn1. The lowest BCUT2D eigenvalue weighted by Crippen LogP contribution is -2.33. The minimum absolute atomic E-state index is 0.00473. The maximum absolute atomic E-state index is 12.2. The van der Waals surface area contributed by atoms with Crippen LogP contribution in [0.25, 0.3) is 5.57 Å². The largest absolute Gasteiger partial charge is 0.444 e. The predicted molar refractivity (Wildman–Crippen MR) is 84.1 cm³/mol. The first-order valence-corrected chi connectivity index (χ1v) is 7.35. The van der Waals surface area contributed by atoms with Crippen LogP contribution < -0.4 is 0 Å². The van der Waals surface area contributed by atoms with Crippen molar-refractivity contribution in [2.24, 2.45) is 7.05 Å². The van der Waals surface area contributed by atoms with Gasteiger partial charge in [-0.3, -0.25) is 14.4 Å². The van der Waals surface area contributed by atoms with Crippen LogP contribution in [0.2, 0.25) is 0 Å². The number of ether oxygens (including phenoxy) is 1. The second-order valence-corrected chi connectivity index (χ2v) is 5.35. The highest BCUT2D eigenvalue weighted by atomic mass is 16.6. The van der Waals surface area contributed by atoms with E-state index < -0.39 is 6.09 Å². The highest BCUT2D eigenvalue weighted by molar-refractivity contribution is 6.21. The molecule has 0 saturated carbocycles. The number of ketones is 1. The van der Waals surface area contributed by atoms with Crippen LogP contribution in [0.5, 0.6) is 0 Å². The number of carbonyl (C=O) groups is 2. The van der Waals surface area contributed by atoms with Crippen LogP contribution in [0.4, 0.5) is 4.79 Å². The third-order valence-electron chi connectivity index (χ3n) is 3.62. The van der Waals surface area contributed by atoms with Crippen molar-refractivity contribution in [3.8, 4) is 0 Å². The zero-order chi connectivity index (χ0) is 16.2. The second kappa shape index (κ2) is 6.48. The van der Waals surface area contributed by atoms with Crippen LogP contribution in [-0.4, -0.2) is 33.1 Å². The molecule has 1 amide bonds. The molecule has 23 heavy (non-hydrogen) atoms. The van der Waals surface area contributed by atoms with Crippen molar-refractivity contribution in [1.29, 1.82) is 0 Å². The molecule has 0 spiro atoms. The molecule has 0 bridgehead atoms. The first-order valence-electron chi connectivity index (χ1n) is 7.35. The highest BCUT2D eigenvalue weighted by Gasteiger charge is 2.25. The lowest BCUT2D eigenvalue weighted by atomic mass is 10.0. The van der Waals surface area contributed by atoms with Gasteiger partial charge >= 0.3 is 6.09 Å². The summed E-state index contributed by atoms with van der Waals surface area (Å²) in [5.41, 5.74) is 2.12. The molecule has 6 nitrogen and oxygen atoms in total. The average Bonchev–Trinajstić information content (AvgIpc) is 3.00. The van der Waals surface area contributed by atoms with E-state index >= 15 is 0 Å². The Hall–Kier alpha value is -2.89. The van der Waals surface area contributed by atoms with Crippen LogP contribution in [0.15, 0.2) is 48.9 Å². The van der Waals surface area contributed by atoms with Gasteiger partial charge in [0.25, 0.3) is 0 Å². The lowest BCUT2D eigenvalue weighted by molar-refractivity contribution is -0.114. The van der Waals surface area contributed by atoms with Crippen molar-refractivity contribution < 1.29 is 14.3 Å². The summed E-state index contributed by atoms with van der Waals surface area (Å²) in [6, 6.07) is 9.48. The highest BCUT2D eigenvalue weighted by Crippen LogP contribution is 2.22. The van der Waals surface area contributed by atoms with Crippen molar-refractivity contribution in [3.63, 3.8) is 0 Å². The fourth-order valence-electron chi connectivity index (χ4n) is 2.39. The Labute approximate surface area is 134 Å². The number of rotatable bonds is 3. The second-order valence-electron chi connectivity index (χ2n) is 5.35. The molecule has 1 aliphatic heterocycles. The molecular formula is C17H17N3O3. The van der Waals surface area contributed by atoms with Gasteiger partial charge in [-0.15, -0.1) is 0 Å². The molecule has 0 saturated heterocycles. The Morgan fingerprint density at radius 2 is 2.09 bits per heavy atom. The lowest BCUT2D eigenvalue weighted by Gasteiger charge is -2.23. The summed E-state index contributed by atoms with van der Waals surface area (Å²) in [6.45, 7) is 0.538. The molecule has 0 aliphatic carbocycles. The molecule has 2 aromatic rings. The summed E-state index contributed by atoms with van der Waals surface area (Å²) in [5, 5.41) is 4.06. The fraction of sp³-hybridized carbons (Fsp3) is 0.235. The summed E-state index contributed by atoms with van der Waals surface area (Å²) < 4.78 is 6.92. The van der Waals surface area contributed by atoms with Gasteiger partial charge in [0.05, 0.1) is 6.20 Å². The third kappa shape index (κ3) is 3.48. The van der Waals surface area contributed by atoms with Gasteiger partial charge in [0.2, 0.25) is 0 Å². The number of hydrogen-bond acceptors (Lipinski definition) is 4. The van der Waals surface area contributed by atoms with Gasteiger partial charge < -0.3 is 4.74 Å². The molecule has 3 rings (SSSR count). The molecule has 0 radical (unpaired) electrons. The number of benzene rings is 1. The molecule has 0 fully saturated rings. The summed E-state index contributed by atoms with van der Waals surface area (Å²) in [4.78, 5) is 25.7. The van der Waals surface area contributed by atoms with Crippen LogP contribution in [-0.2, 0) is 23.2 Å². The van der Waals surface area contributed by atoms with Gasteiger partial charge in [-0.25, -0.2) is 4.79 Å². The number of Topliss-reactive ketones (excluding diaryl/α,β-unsaturated/α-hetero) is 1. The van der Waals surface area contributed by atoms with E-state index in [0.717, 1.165) is 5.56 Å². The van der Waals surface area contributed by atoms with Gasteiger partial charge in [0, 0.05) is 43.5 Å². The smallest absolute Gasteiger partial charge is 0.414 e. The summed E-state index contributed by atoms with van der Waals surface area (Å²) in [5.74, 6) is 0.00473. The van der Waals surface area contributed by atoms with Crippen LogP contribution >= 0.6 is 0 Å². The van der Waals surface area contributed by atoms with E-state index in [4.69, 9.17) is 4.74 Å². The van der Waals surface area contributed by atoms with Crippen LogP contribution in [0, 0.1) is 0 Å². The number of amides is 1. The Kier molecular flexibility index (Phi) is 4.23. The number of hydrogen-bond donors (Lipinski definition) is 0. The van der Waals surface area contributed by atoms with Gasteiger partial charge in [-0.2, -0.15) is 5.10 Å². The first-order chi connectivity index (χ1) is 11.1. The van der Waals surface area contributed by atoms with Crippen molar-refractivity contribution in [1.82, 2.24) is 14.7 Å². The minimum atomic E-state index is -0.456. The normalized spacial score (nSPS) is 14.6. The molecule has 6 heteroatoms.